The van der Waals surface area contributed by atoms with Crippen LogP contribution < -0.4 is 14.8 Å². The summed E-state index contributed by atoms with van der Waals surface area (Å²) in [7, 11) is 0. The van der Waals surface area contributed by atoms with Crippen molar-refractivity contribution in [2.75, 3.05) is 19.9 Å². The normalized spacial score (nSPS) is 12.4. The number of fused-ring (bicyclic) bond motifs is 1. The first kappa shape index (κ1) is 32.0. The number of urea groups is 1. The van der Waals surface area contributed by atoms with E-state index in [2.05, 4.69) is 10.3 Å². The van der Waals surface area contributed by atoms with Crippen LogP contribution in [0.5, 0.6) is 11.5 Å². The highest BCUT2D eigenvalue weighted by Gasteiger charge is 2.33. The summed E-state index contributed by atoms with van der Waals surface area (Å²) in [6.45, 7) is 8.06. The molecule has 2 amide bonds. The number of aliphatic hydroxyl groups excluding tert-OH is 1. The number of nitrogens with zero attached hydrogens (tertiary/aromatic N) is 2. The van der Waals surface area contributed by atoms with Crippen molar-refractivity contribution in [1.82, 2.24) is 15.2 Å². The van der Waals surface area contributed by atoms with Gasteiger partial charge in [0.25, 0.3) is 0 Å². The lowest BCUT2D eigenvalue weighted by molar-refractivity contribution is -0.136. The molecule has 3 rings (SSSR count). The fourth-order valence-electron chi connectivity index (χ4n) is 4.53. The number of rotatable bonds is 14. The van der Waals surface area contributed by atoms with E-state index in [9.17, 15) is 23.1 Å². The van der Waals surface area contributed by atoms with E-state index in [4.69, 9.17) is 9.47 Å². The van der Waals surface area contributed by atoms with Gasteiger partial charge >= 0.3 is 12.2 Å². The molecule has 3 aromatic rings. The minimum atomic E-state index is -4.50. The van der Waals surface area contributed by atoms with Gasteiger partial charge in [-0.1, -0.05) is 38.0 Å². The number of pyridine rings is 1. The van der Waals surface area contributed by atoms with Crippen molar-refractivity contribution in [3.05, 3.63) is 65.4 Å². The quantitative estimate of drug-likeness (QED) is 0.156. The summed E-state index contributed by atoms with van der Waals surface area (Å²) in [5.41, 5.74) is 0.801. The molecule has 7 nitrogen and oxygen atoms in total. The van der Waals surface area contributed by atoms with Crippen LogP contribution in [-0.2, 0) is 12.6 Å². The van der Waals surface area contributed by atoms with E-state index >= 15 is 0 Å². The molecule has 41 heavy (non-hydrogen) atoms. The second kappa shape index (κ2) is 14.9. The van der Waals surface area contributed by atoms with Crippen LogP contribution in [0.15, 0.2) is 48.7 Å². The number of hydrogen-bond donors (Lipinski definition) is 2. The third-order valence-corrected chi connectivity index (χ3v) is 6.73. The Labute approximate surface area is 239 Å². The van der Waals surface area contributed by atoms with Crippen LogP contribution in [-0.4, -0.2) is 47.0 Å². The number of carbonyl (C=O) groups is 1. The first-order valence-corrected chi connectivity index (χ1v) is 14.1. The molecule has 0 bridgehead atoms. The molecule has 224 valence electrons. The molecule has 0 fully saturated rings. The molecule has 0 aliphatic heterocycles. The van der Waals surface area contributed by atoms with E-state index in [0.717, 1.165) is 35.8 Å². The van der Waals surface area contributed by atoms with E-state index in [-0.39, 0.29) is 23.7 Å². The van der Waals surface area contributed by atoms with Crippen LogP contribution in [0.2, 0.25) is 0 Å². The van der Waals surface area contributed by atoms with Crippen molar-refractivity contribution in [1.29, 1.82) is 0 Å². The van der Waals surface area contributed by atoms with Crippen LogP contribution in [0.3, 0.4) is 0 Å². The van der Waals surface area contributed by atoms with E-state index < -0.39 is 18.5 Å². The Bertz CT molecular complexity index is 1270. The van der Waals surface area contributed by atoms with Gasteiger partial charge in [0, 0.05) is 23.7 Å². The average Bonchev–Trinajstić information content (AvgIpc) is 2.93. The molecular formula is C31H40F3N3O4. The topological polar surface area (TPSA) is 83.9 Å². The zero-order valence-electron chi connectivity index (χ0n) is 24.1. The largest absolute Gasteiger partial charge is 0.493 e. The van der Waals surface area contributed by atoms with Gasteiger partial charge in [-0.3, -0.25) is 4.98 Å². The number of aryl methyl sites for hydroxylation is 1. The van der Waals surface area contributed by atoms with Crippen LogP contribution in [0.25, 0.3) is 10.9 Å². The van der Waals surface area contributed by atoms with Crippen molar-refractivity contribution in [3.8, 4) is 11.5 Å². The summed E-state index contributed by atoms with van der Waals surface area (Å²) >= 11 is 0. The fourth-order valence-corrected chi connectivity index (χ4v) is 4.53. The number of para-hydroxylation sites is 1. The Morgan fingerprint density at radius 2 is 1.76 bits per heavy atom. The minimum Gasteiger partial charge on any atom is -0.493 e. The van der Waals surface area contributed by atoms with Crippen LogP contribution >= 0.6 is 0 Å². The van der Waals surface area contributed by atoms with E-state index in [1.54, 1.807) is 6.07 Å². The molecule has 0 aliphatic carbocycles. The molecule has 1 aromatic heterocycles. The molecule has 1 unspecified atom stereocenters. The maximum Gasteiger partial charge on any atom is 0.418 e. The zero-order chi connectivity index (χ0) is 30.0. The highest BCUT2D eigenvalue weighted by molar-refractivity contribution is 5.89. The maximum absolute atomic E-state index is 13.4. The van der Waals surface area contributed by atoms with E-state index in [1.165, 1.54) is 17.2 Å². The zero-order valence-corrected chi connectivity index (χ0v) is 24.1. The van der Waals surface area contributed by atoms with Crippen molar-refractivity contribution in [2.45, 2.75) is 78.1 Å². The second-order valence-corrected chi connectivity index (χ2v) is 10.2. The van der Waals surface area contributed by atoms with Gasteiger partial charge in [0.15, 0.2) is 0 Å². The molecule has 0 saturated heterocycles. The van der Waals surface area contributed by atoms with Gasteiger partial charge < -0.3 is 24.8 Å². The molecule has 0 radical (unpaired) electrons. The number of benzene rings is 2. The number of ether oxygens (including phenoxy) is 2. The Kier molecular flexibility index (Phi) is 11.6. The summed E-state index contributed by atoms with van der Waals surface area (Å²) in [5, 5.41) is 13.0. The number of hydrogen-bond acceptors (Lipinski definition) is 5. The summed E-state index contributed by atoms with van der Waals surface area (Å²) in [4.78, 5) is 18.1. The van der Waals surface area contributed by atoms with Gasteiger partial charge in [-0.25, -0.2) is 4.79 Å². The first-order chi connectivity index (χ1) is 19.5. The highest BCUT2D eigenvalue weighted by atomic mass is 19.4. The van der Waals surface area contributed by atoms with Crippen molar-refractivity contribution in [3.63, 3.8) is 0 Å². The van der Waals surface area contributed by atoms with Gasteiger partial charge in [-0.05, 0) is 69.9 Å². The van der Waals surface area contributed by atoms with Crippen molar-refractivity contribution >= 4 is 16.9 Å². The van der Waals surface area contributed by atoms with Crippen molar-refractivity contribution < 1.29 is 32.5 Å². The van der Waals surface area contributed by atoms with Gasteiger partial charge in [0.1, 0.15) is 18.2 Å². The van der Waals surface area contributed by atoms with Crippen LogP contribution in [0.4, 0.5) is 18.0 Å². The number of amides is 2. The predicted octanol–water partition coefficient (Wildman–Crippen LogP) is 7.27. The van der Waals surface area contributed by atoms with Gasteiger partial charge in [-0.15, -0.1) is 0 Å². The summed E-state index contributed by atoms with van der Waals surface area (Å²) in [6.07, 6.45) is 0.624. The van der Waals surface area contributed by atoms with Gasteiger partial charge in [0.05, 0.1) is 29.8 Å². The van der Waals surface area contributed by atoms with Crippen LogP contribution in [0.1, 0.15) is 76.1 Å². The Hall–Kier alpha value is -3.53. The smallest absolute Gasteiger partial charge is 0.418 e. The monoisotopic (exact) mass is 575 g/mol. The van der Waals surface area contributed by atoms with Gasteiger partial charge in [-0.2, -0.15) is 13.2 Å². The third kappa shape index (κ3) is 8.98. The number of unbranched alkanes of at least 4 members (excludes halogenated alkanes) is 3. The Balaban J connectivity index is 1.44. The molecule has 1 atom stereocenters. The molecule has 0 spiro atoms. The summed E-state index contributed by atoms with van der Waals surface area (Å²) in [5.74, 6) is 1.21. The molecule has 2 aromatic carbocycles. The molecule has 2 N–H and O–H groups in total. The number of aromatic nitrogens is 1. The second-order valence-electron chi connectivity index (χ2n) is 10.2. The van der Waals surface area contributed by atoms with E-state index in [0.29, 0.717) is 43.5 Å². The summed E-state index contributed by atoms with van der Waals surface area (Å²) in [6, 6.07) is 11.0. The molecule has 0 aliphatic rings. The van der Waals surface area contributed by atoms with Gasteiger partial charge in [0.2, 0.25) is 0 Å². The summed E-state index contributed by atoms with van der Waals surface area (Å²) < 4.78 is 52.0. The van der Waals surface area contributed by atoms with E-state index in [1.807, 2.05) is 52.0 Å². The lowest BCUT2D eigenvalue weighted by Crippen LogP contribution is -2.42. The molecule has 0 saturated carbocycles. The first-order valence-electron chi connectivity index (χ1n) is 14.1. The van der Waals surface area contributed by atoms with Crippen molar-refractivity contribution in [2.24, 2.45) is 0 Å². The number of alkyl halides is 3. The SMILES string of the molecule is CCc1cnc2c(C(F)(F)F)cccc2c1OCCCCCCN(CO)C(=O)NC(C)c1ccc(OC(C)C)cc1. The molecular weight excluding hydrogens is 535 g/mol. The number of nitrogens with one attached hydrogen (secondary N) is 1. The number of aliphatic hydroxyl groups is 1. The average molecular weight is 576 g/mol. The lowest BCUT2D eigenvalue weighted by atomic mass is 10.1. The third-order valence-electron chi connectivity index (χ3n) is 6.73. The minimum absolute atomic E-state index is 0.0782. The Morgan fingerprint density at radius 3 is 2.39 bits per heavy atom. The maximum atomic E-state index is 13.4. The molecule has 1 heterocycles. The van der Waals surface area contributed by atoms with Crippen LogP contribution in [0, 0.1) is 0 Å². The number of carbonyl (C=O) groups excluding carboxylic acids is 1. The lowest BCUT2D eigenvalue weighted by Gasteiger charge is -2.23. The molecule has 10 heteroatoms. The highest BCUT2D eigenvalue weighted by Crippen LogP contribution is 2.38. The standard InChI is InChI=1S/C31H40F3N3O4/c1-5-23-19-35-28-26(11-10-12-27(28)31(32,33)34)29(23)40-18-9-7-6-8-17-37(20-38)30(39)36-22(4)24-13-15-25(16-14-24)41-21(2)3/h10-16,19,21-22,38H,5-9,17-18,20H2,1-4H3,(H,36,39). The Morgan fingerprint density at radius 1 is 1.05 bits per heavy atom. The number of halogens is 3. The fraction of sp³-hybridized carbons (Fsp3) is 0.484. The predicted molar refractivity (Wildman–Crippen MR) is 153 cm³/mol.